The van der Waals surface area contributed by atoms with Crippen molar-refractivity contribution in [3.63, 3.8) is 0 Å². The fraction of sp³-hybridized carbons (Fsp3) is 0.787. The molecule has 0 aromatic heterocycles. The molecule has 9 fully saturated rings. The van der Waals surface area contributed by atoms with Gasteiger partial charge in [-0.2, -0.15) is 0 Å². The Morgan fingerprint density at radius 1 is 0.588 bits per heavy atom. The average Bonchev–Trinajstić information content (AvgIpc) is 4.10. The summed E-state index contributed by atoms with van der Waals surface area (Å²) in [6, 6.07) is 0. The fourth-order valence-corrected chi connectivity index (χ4v) is 17.6. The Labute approximate surface area is 305 Å². The van der Waals surface area contributed by atoms with Crippen molar-refractivity contribution in [3.8, 4) is 0 Å². The lowest BCUT2D eigenvalue weighted by atomic mass is 9.46. The molecule has 11 aliphatic carbocycles. The molecule has 0 saturated heterocycles. The lowest BCUT2D eigenvalue weighted by Gasteiger charge is -2.59. The Hall–Kier alpha value is -1.78. The summed E-state index contributed by atoms with van der Waals surface area (Å²) in [6.07, 6.45) is 32.4. The van der Waals surface area contributed by atoms with Gasteiger partial charge in [0.05, 0.1) is 24.4 Å². The van der Waals surface area contributed by atoms with E-state index in [4.69, 9.17) is 9.47 Å². The number of carbonyl (C=O) groups excluding carboxylic acids is 2. The average molecular weight is 689 g/mol. The summed E-state index contributed by atoms with van der Waals surface area (Å²) in [5.74, 6) is 12.7. The maximum absolute atomic E-state index is 12.1. The highest BCUT2D eigenvalue weighted by atomic mass is 16.5. The number of carbonyl (C=O) groups is 2. The molecule has 2 spiro atoms. The van der Waals surface area contributed by atoms with E-state index in [9.17, 15) is 9.59 Å². The molecule has 2 heterocycles. The third-order valence-electron chi connectivity index (χ3n) is 19.5. The topological polar surface area (TPSA) is 52.6 Å². The Bertz CT molecular complexity index is 1700. The highest BCUT2D eigenvalue weighted by Gasteiger charge is 2.78. The molecule has 13 rings (SSSR count). The molecule has 0 amide bonds. The lowest BCUT2D eigenvalue weighted by molar-refractivity contribution is -0.143. The number of fused-ring (bicyclic) bond motifs is 18. The van der Waals surface area contributed by atoms with E-state index in [1.165, 1.54) is 76.2 Å². The predicted octanol–water partition coefficient (Wildman–Crippen LogP) is 9.25. The van der Waals surface area contributed by atoms with Gasteiger partial charge >= 0.3 is 0 Å². The number of allylic oxidation sites excluding steroid dienone is 2. The van der Waals surface area contributed by atoms with E-state index in [0.717, 1.165) is 122 Å². The molecule has 0 aromatic rings. The molecule has 0 bridgehead atoms. The van der Waals surface area contributed by atoms with Crippen molar-refractivity contribution in [2.24, 2.45) is 93.7 Å². The number of hydrogen-bond acceptors (Lipinski definition) is 4. The number of rotatable bonds is 1. The van der Waals surface area contributed by atoms with Gasteiger partial charge in [0.15, 0.2) is 11.6 Å². The summed E-state index contributed by atoms with van der Waals surface area (Å²) in [5.41, 5.74) is 3.93. The minimum Gasteiger partial charge on any atom is -0.366 e. The van der Waals surface area contributed by atoms with E-state index in [-0.39, 0.29) is 11.2 Å². The zero-order valence-electron chi connectivity index (χ0n) is 31.2. The van der Waals surface area contributed by atoms with Crippen LogP contribution in [-0.4, -0.2) is 36.0 Å². The maximum atomic E-state index is 12.1. The maximum Gasteiger partial charge on any atom is 0.155 e. The van der Waals surface area contributed by atoms with Crippen molar-refractivity contribution >= 4 is 11.6 Å². The molecule has 9 saturated carbocycles. The molecular formula is C47H60O4. The SMILES string of the molecule is C[C@]12CCC3C4CCC(=O)C=C4CC(C4CC4)C3C1C1CC1[C@@]21C=CCO1.C[C@]12CCC3C4CCC(=O)C=C4CCC3C1C1CC1[C@@]21C=CCO1. The summed E-state index contributed by atoms with van der Waals surface area (Å²) in [4.78, 5) is 24.0. The van der Waals surface area contributed by atoms with Gasteiger partial charge in [-0.15, -0.1) is 0 Å². The molecule has 51 heavy (non-hydrogen) atoms. The van der Waals surface area contributed by atoms with Crippen molar-refractivity contribution in [3.05, 3.63) is 47.6 Å². The van der Waals surface area contributed by atoms with Crippen LogP contribution in [0, 0.1) is 93.7 Å². The van der Waals surface area contributed by atoms with Gasteiger partial charge in [-0.1, -0.05) is 49.3 Å². The van der Waals surface area contributed by atoms with Gasteiger partial charge in [-0.3, -0.25) is 9.59 Å². The summed E-state index contributed by atoms with van der Waals surface area (Å²) >= 11 is 0. The first kappa shape index (κ1) is 31.6. The van der Waals surface area contributed by atoms with Crippen molar-refractivity contribution in [1.29, 1.82) is 0 Å². The predicted molar refractivity (Wildman–Crippen MR) is 196 cm³/mol. The Morgan fingerprint density at radius 3 is 1.80 bits per heavy atom. The van der Waals surface area contributed by atoms with Crippen LogP contribution in [0.1, 0.15) is 110 Å². The highest BCUT2D eigenvalue weighted by Crippen LogP contribution is 2.80. The van der Waals surface area contributed by atoms with Crippen molar-refractivity contribution in [1.82, 2.24) is 0 Å². The quantitative estimate of drug-likeness (QED) is 0.258. The van der Waals surface area contributed by atoms with Crippen LogP contribution in [0.4, 0.5) is 0 Å². The highest BCUT2D eigenvalue weighted by molar-refractivity contribution is 5.91. The molecule has 4 nitrogen and oxygen atoms in total. The largest absolute Gasteiger partial charge is 0.366 e. The molecule has 0 aromatic carbocycles. The molecule has 17 atom stereocenters. The van der Waals surface area contributed by atoms with Crippen molar-refractivity contribution in [2.75, 3.05) is 13.2 Å². The Balaban J connectivity index is 0.000000117. The minimum absolute atomic E-state index is 0.0695. The monoisotopic (exact) mass is 688 g/mol. The van der Waals surface area contributed by atoms with E-state index in [0.29, 0.717) is 22.4 Å². The second-order valence-electron chi connectivity index (χ2n) is 21.0. The summed E-state index contributed by atoms with van der Waals surface area (Å²) in [6.45, 7) is 6.83. The van der Waals surface area contributed by atoms with Crippen LogP contribution in [0.2, 0.25) is 0 Å². The van der Waals surface area contributed by atoms with Crippen LogP contribution in [0.15, 0.2) is 47.6 Å². The normalized spacial score (nSPS) is 57.5. The molecule has 13 aliphatic rings. The van der Waals surface area contributed by atoms with Gasteiger partial charge in [0.1, 0.15) is 0 Å². The van der Waals surface area contributed by atoms with Crippen molar-refractivity contribution in [2.45, 2.75) is 121 Å². The number of hydrogen-bond donors (Lipinski definition) is 0. The molecule has 13 unspecified atom stereocenters. The molecular weight excluding hydrogens is 629 g/mol. The molecule has 4 heteroatoms. The second-order valence-corrected chi connectivity index (χ2v) is 21.0. The standard InChI is InChI=1S/C25H32O2.C22H28O2/c1-24-9-7-18-17-6-5-16(26)11-15(17)12-19(14-3-4-14)22(18)23(24)20-13-21(20)25(24)8-2-10-27-25;1-21-9-7-16-15-6-4-14(23)11-13(15)3-5-17(16)20(21)18-12-19(18)22(21)8-2-10-24-22/h2,8,11,14,17-23H,3-7,9-10,12-13H2,1H3;2,8,11,15-20H,3-7,9-10,12H2,1H3/t17?,18?,19?,20?,21?,22?,23?,24-,25-;15?,16?,17?,18?,19?,20?,21-,22-/m00/s1. The van der Waals surface area contributed by atoms with E-state index >= 15 is 0 Å². The van der Waals surface area contributed by atoms with E-state index in [1.54, 1.807) is 5.57 Å². The van der Waals surface area contributed by atoms with Crippen LogP contribution in [0.25, 0.3) is 0 Å². The van der Waals surface area contributed by atoms with E-state index in [2.05, 4.69) is 44.2 Å². The third kappa shape index (κ3) is 4.01. The van der Waals surface area contributed by atoms with Crippen LogP contribution in [-0.2, 0) is 19.1 Å². The van der Waals surface area contributed by atoms with E-state index in [1.807, 2.05) is 6.08 Å². The van der Waals surface area contributed by atoms with Crippen molar-refractivity contribution < 1.29 is 19.1 Å². The van der Waals surface area contributed by atoms with Gasteiger partial charge in [0.25, 0.3) is 0 Å². The minimum atomic E-state index is 0.0695. The van der Waals surface area contributed by atoms with Crippen LogP contribution in [0.5, 0.6) is 0 Å². The Morgan fingerprint density at radius 2 is 1.18 bits per heavy atom. The third-order valence-corrected chi connectivity index (χ3v) is 19.5. The van der Waals surface area contributed by atoms with E-state index < -0.39 is 0 Å². The second kappa shape index (κ2) is 10.5. The lowest BCUT2D eigenvalue weighted by Crippen LogP contribution is -2.56. The smallest absolute Gasteiger partial charge is 0.155 e. The van der Waals surface area contributed by atoms with Gasteiger partial charge in [-0.05, 0) is 178 Å². The molecule has 272 valence electrons. The van der Waals surface area contributed by atoms with Gasteiger partial charge in [0.2, 0.25) is 0 Å². The van der Waals surface area contributed by atoms with Crippen LogP contribution < -0.4 is 0 Å². The summed E-state index contributed by atoms with van der Waals surface area (Å²) in [7, 11) is 0. The number of ether oxygens (including phenoxy) is 2. The fourth-order valence-electron chi connectivity index (χ4n) is 17.6. The first-order valence-electron chi connectivity index (χ1n) is 21.9. The van der Waals surface area contributed by atoms with Gasteiger partial charge in [-0.25, -0.2) is 0 Å². The summed E-state index contributed by atoms with van der Waals surface area (Å²) in [5, 5.41) is 0. The first-order chi connectivity index (χ1) is 24.8. The first-order valence-corrected chi connectivity index (χ1v) is 21.9. The van der Waals surface area contributed by atoms with Crippen LogP contribution in [0.3, 0.4) is 0 Å². The molecule has 0 N–H and O–H groups in total. The number of ketones is 2. The van der Waals surface area contributed by atoms with Gasteiger partial charge in [0, 0.05) is 23.7 Å². The molecule has 0 radical (unpaired) electrons. The van der Waals surface area contributed by atoms with Crippen LogP contribution >= 0.6 is 0 Å². The van der Waals surface area contributed by atoms with Gasteiger partial charge < -0.3 is 9.47 Å². The summed E-state index contributed by atoms with van der Waals surface area (Å²) < 4.78 is 13.0. The Kier molecular flexibility index (Phi) is 6.49. The molecule has 2 aliphatic heterocycles. The zero-order valence-corrected chi connectivity index (χ0v) is 31.2. The zero-order chi connectivity index (χ0) is 34.1.